The number of rotatable bonds is 8. The second kappa shape index (κ2) is 9.62. The molecule has 1 aliphatic heterocycles. The lowest BCUT2D eigenvalue weighted by Crippen LogP contribution is -2.29. The van der Waals surface area contributed by atoms with Crippen LogP contribution in [0.5, 0.6) is 5.75 Å². The van der Waals surface area contributed by atoms with E-state index in [1.165, 1.54) is 0 Å². The van der Waals surface area contributed by atoms with Crippen molar-refractivity contribution >= 4 is 15.9 Å². The van der Waals surface area contributed by atoms with E-state index in [0.29, 0.717) is 24.2 Å². The molecule has 0 saturated carbocycles. The first kappa shape index (κ1) is 22.3. The van der Waals surface area contributed by atoms with Crippen LogP contribution in [0, 0.1) is 6.92 Å². The third-order valence-corrected chi connectivity index (χ3v) is 7.41. The summed E-state index contributed by atoms with van der Waals surface area (Å²) in [7, 11) is -1.65. The minimum absolute atomic E-state index is 0.0301. The molecule has 1 saturated heterocycles. The summed E-state index contributed by atoms with van der Waals surface area (Å²) in [5.41, 5.74) is 3.25. The van der Waals surface area contributed by atoms with Gasteiger partial charge in [0.25, 0.3) is 5.91 Å². The zero-order chi connectivity index (χ0) is 21.7. The van der Waals surface area contributed by atoms with Crippen molar-refractivity contribution in [2.24, 2.45) is 0 Å². The standard InChI is InChI=1S/C23H30N2O4S/c1-4-21(20-11-12-22(29-3)17(2)15-20)24-23(26)19-9-7-18(8-10-19)16-30(27,28)25-13-5-6-14-25/h7-12,15,21H,4-6,13-14,16H2,1-3H3,(H,24,26)/t21-/m0/s1. The number of sulfonamides is 1. The van der Waals surface area contributed by atoms with Crippen LogP contribution in [0.2, 0.25) is 0 Å². The lowest BCUT2D eigenvalue weighted by Gasteiger charge is -2.19. The van der Waals surface area contributed by atoms with Crippen LogP contribution >= 0.6 is 0 Å². The first-order chi connectivity index (χ1) is 14.3. The maximum atomic E-state index is 12.7. The Morgan fingerprint density at radius 3 is 2.37 bits per heavy atom. The summed E-state index contributed by atoms with van der Waals surface area (Å²) >= 11 is 0. The van der Waals surface area contributed by atoms with Crippen LogP contribution in [0.15, 0.2) is 42.5 Å². The SMILES string of the molecule is CC[C@H](NC(=O)c1ccc(CS(=O)(=O)N2CCCC2)cc1)c1ccc(OC)c(C)c1. The molecule has 1 heterocycles. The number of aryl methyl sites for hydroxylation is 1. The van der Waals surface area contributed by atoms with Crippen molar-refractivity contribution in [3.8, 4) is 5.75 Å². The number of ether oxygens (including phenoxy) is 1. The van der Waals surface area contributed by atoms with E-state index in [2.05, 4.69) is 5.32 Å². The van der Waals surface area contributed by atoms with Crippen molar-refractivity contribution in [3.05, 3.63) is 64.7 Å². The van der Waals surface area contributed by atoms with Gasteiger partial charge in [-0.2, -0.15) is 0 Å². The van der Waals surface area contributed by atoms with E-state index in [1.807, 2.05) is 32.0 Å². The molecule has 1 aliphatic rings. The van der Waals surface area contributed by atoms with Crippen molar-refractivity contribution in [2.75, 3.05) is 20.2 Å². The number of hydrogen-bond donors (Lipinski definition) is 1. The van der Waals surface area contributed by atoms with Gasteiger partial charge in [0.1, 0.15) is 5.75 Å². The number of nitrogens with one attached hydrogen (secondary N) is 1. The molecular weight excluding hydrogens is 400 g/mol. The Morgan fingerprint density at radius 2 is 1.80 bits per heavy atom. The highest BCUT2D eigenvalue weighted by Gasteiger charge is 2.25. The summed E-state index contributed by atoms with van der Waals surface area (Å²) < 4.78 is 31.8. The lowest BCUT2D eigenvalue weighted by atomic mass is 10.0. The molecule has 1 amide bonds. The third kappa shape index (κ3) is 5.21. The third-order valence-electron chi connectivity index (χ3n) is 5.56. The fourth-order valence-corrected chi connectivity index (χ4v) is 5.41. The summed E-state index contributed by atoms with van der Waals surface area (Å²) in [6, 6.07) is 12.6. The number of carbonyl (C=O) groups excluding carboxylic acids is 1. The van der Waals surface area contributed by atoms with Crippen LogP contribution in [0.3, 0.4) is 0 Å². The lowest BCUT2D eigenvalue weighted by molar-refractivity contribution is 0.0935. The number of carbonyl (C=O) groups is 1. The van der Waals surface area contributed by atoms with E-state index in [-0.39, 0.29) is 17.7 Å². The highest BCUT2D eigenvalue weighted by Crippen LogP contribution is 2.25. The molecule has 0 unspecified atom stereocenters. The maximum absolute atomic E-state index is 12.7. The molecule has 2 aromatic carbocycles. The summed E-state index contributed by atoms with van der Waals surface area (Å²) in [4.78, 5) is 12.7. The minimum Gasteiger partial charge on any atom is -0.496 e. The van der Waals surface area contributed by atoms with Gasteiger partial charge in [0, 0.05) is 18.7 Å². The van der Waals surface area contributed by atoms with Crippen LogP contribution in [-0.2, 0) is 15.8 Å². The van der Waals surface area contributed by atoms with Gasteiger partial charge in [-0.25, -0.2) is 12.7 Å². The van der Waals surface area contributed by atoms with Gasteiger partial charge in [0.2, 0.25) is 10.0 Å². The molecule has 7 heteroatoms. The van der Waals surface area contributed by atoms with E-state index in [0.717, 1.165) is 36.1 Å². The van der Waals surface area contributed by atoms with E-state index in [1.54, 1.807) is 35.7 Å². The van der Waals surface area contributed by atoms with Gasteiger partial charge in [-0.15, -0.1) is 0 Å². The Balaban J connectivity index is 1.66. The zero-order valence-electron chi connectivity index (χ0n) is 17.8. The van der Waals surface area contributed by atoms with Gasteiger partial charge >= 0.3 is 0 Å². The van der Waals surface area contributed by atoms with Gasteiger partial charge < -0.3 is 10.1 Å². The molecule has 1 atom stereocenters. The maximum Gasteiger partial charge on any atom is 0.251 e. The highest BCUT2D eigenvalue weighted by molar-refractivity contribution is 7.88. The molecule has 1 N–H and O–H groups in total. The van der Waals surface area contributed by atoms with Crippen molar-refractivity contribution in [1.29, 1.82) is 0 Å². The highest BCUT2D eigenvalue weighted by atomic mass is 32.2. The van der Waals surface area contributed by atoms with E-state index >= 15 is 0 Å². The molecule has 1 fully saturated rings. The predicted octanol–water partition coefficient (Wildman–Crippen LogP) is 3.81. The smallest absolute Gasteiger partial charge is 0.251 e. The molecule has 2 aromatic rings. The fourth-order valence-electron chi connectivity index (χ4n) is 3.80. The molecule has 0 spiro atoms. The average molecular weight is 431 g/mol. The van der Waals surface area contributed by atoms with Crippen LogP contribution in [0.4, 0.5) is 0 Å². The summed E-state index contributed by atoms with van der Waals surface area (Å²) in [5.74, 6) is 0.612. The number of nitrogens with zero attached hydrogens (tertiary/aromatic N) is 1. The summed E-state index contributed by atoms with van der Waals surface area (Å²) in [6.45, 7) is 5.21. The number of methoxy groups -OCH3 is 1. The van der Waals surface area contributed by atoms with Crippen molar-refractivity contribution < 1.29 is 17.9 Å². The van der Waals surface area contributed by atoms with Gasteiger partial charge in [0.05, 0.1) is 18.9 Å². The molecule has 3 rings (SSSR count). The molecular formula is C23H30N2O4S. The average Bonchev–Trinajstić information content (AvgIpc) is 3.28. The van der Waals surface area contributed by atoms with Crippen LogP contribution < -0.4 is 10.1 Å². The number of amides is 1. The second-order valence-electron chi connectivity index (χ2n) is 7.72. The van der Waals surface area contributed by atoms with Crippen molar-refractivity contribution in [3.63, 3.8) is 0 Å². The Hall–Kier alpha value is -2.38. The molecule has 6 nitrogen and oxygen atoms in total. The molecule has 0 aliphatic carbocycles. The molecule has 0 bridgehead atoms. The second-order valence-corrected chi connectivity index (χ2v) is 9.69. The largest absolute Gasteiger partial charge is 0.496 e. The van der Waals surface area contributed by atoms with Gasteiger partial charge in [0.15, 0.2) is 0 Å². The van der Waals surface area contributed by atoms with Gasteiger partial charge in [-0.1, -0.05) is 31.2 Å². The molecule has 0 aromatic heterocycles. The van der Waals surface area contributed by atoms with Gasteiger partial charge in [-0.3, -0.25) is 4.79 Å². The van der Waals surface area contributed by atoms with Crippen LogP contribution in [0.25, 0.3) is 0 Å². The normalized spacial score (nSPS) is 15.7. The quantitative estimate of drug-likeness (QED) is 0.691. The first-order valence-corrected chi connectivity index (χ1v) is 12.0. The summed E-state index contributed by atoms with van der Waals surface area (Å²) in [6.07, 6.45) is 2.60. The topological polar surface area (TPSA) is 75.7 Å². The Kier molecular flexibility index (Phi) is 7.15. The summed E-state index contributed by atoms with van der Waals surface area (Å²) in [5, 5.41) is 3.07. The molecule has 162 valence electrons. The predicted molar refractivity (Wildman–Crippen MR) is 118 cm³/mol. The van der Waals surface area contributed by atoms with E-state index < -0.39 is 10.0 Å². The van der Waals surface area contributed by atoms with Crippen molar-refractivity contribution in [2.45, 2.75) is 44.9 Å². The number of benzene rings is 2. The van der Waals surface area contributed by atoms with E-state index in [9.17, 15) is 13.2 Å². The Morgan fingerprint density at radius 1 is 1.13 bits per heavy atom. The first-order valence-electron chi connectivity index (χ1n) is 10.4. The van der Waals surface area contributed by atoms with E-state index in [4.69, 9.17) is 4.74 Å². The minimum atomic E-state index is -3.29. The van der Waals surface area contributed by atoms with Crippen LogP contribution in [0.1, 0.15) is 59.3 Å². The molecule has 0 radical (unpaired) electrons. The number of hydrogen-bond acceptors (Lipinski definition) is 4. The van der Waals surface area contributed by atoms with Gasteiger partial charge in [-0.05, 0) is 61.1 Å². The van der Waals surface area contributed by atoms with Crippen LogP contribution in [-0.4, -0.2) is 38.8 Å². The van der Waals surface area contributed by atoms with Crippen molar-refractivity contribution in [1.82, 2.24) is 9.62 Å². The monoisotopic (exact) mass is 430 g/mol. The Bertz CT molecular complexity index is 981. The Labute approximate surface area is 179 Å². The fraction of sp³-hybridized carbons (Fsp3) is 0.435. The molecule has 30 heavy (non-hydrogen) atoms. The zero-order valence-corrected chi connectivity index (χ0v) is 18.7.